The number of carbonyl (C=O) groups excluding carboxylic acids is 1. The third kappa shape index (κ3) is 2.24. The summed E-state index contributed by atoms with van der Waals surface area (Å²) in [6, 6.07) is 3.76. The predicted molar refractivity (Wildman–Crippen MR) is 64.6 cm³/mol. The van der Waals surface area contributed by atoms with Crippen LogP contribution < -0.4 is 0 Å². The van der Waals surface area contributed by atoms with Crippen LogP contribution in [0.5, 0.6) is 0 Å². The number of nitrogens with zero attached hydrogens (tertiary/aromatic N) is 1. The van der Waals surface area contributed by atoms with E-state index in [2.05, 4.69) is 0 Å². The highest BCUT2D eigenvalue weighted by atomic mass is 35.5. The number of carbonyl (C=O) groups is 1. The number of halogens is 1. The van der Waals surface area contributed by atoms with Gasteiger partial charge in [0.15, 0.2) is 0 Å². The number of rotatable bonds is 4. The van der Waals surface area contributed by atoms with Crippen molar-refractivity contribution < 1.29 is 9.90 Å². The van der Waals surface area contributed by atoms with E-state index in [9.17, 15) is 9.90 Å². The molecule has 0 saturated heterocycles. The minimum absolute atomic E-state index is 0.0403. The van der Waals surface area contributed by atoms with E-state index in [1.54, 1.807) is 11.9 Å². The largest absolute Gasteiger partial charge is 0.395 e. The van der Waals surface area contributed by atoms with Gasteiger partial charge in [0.1, 0.15) is 0 Å². The van der Waals surface area contributed by atoms with E-state index < -0.39 is 5.41 Å². The molecule has 1 aromatic heterocycles. The van der Waals surface area contributed by atoms with Crippen LogP contribution in [0.25, 0.3) is 0 Å². The Balaban J connectivity index is 1.98. The fourth-order valence-corrected chi connectivity index (χ4v) is 2.88. The third-order valence-electron chi connectivity index (χ3n) is 2.98. The summed E-state index contributed by atoms with van der Waals surface area (Å²) in [5.41, 5.74) is -0.476. The molecule has 0 aliphatic heterocycles. The molecule has 1 amide bonds. The second-order valence-corrected chi connectivity index (χ2v) is 6.11. The summed E-state index contributed by atoms with van der Waals surface area (Å²) in [6.45, 7) is 0.527. The van der Waals surface area contributed by atoms with Gasteiger partial charge in [-0.15, -0.1) is 11.3 Å². The van der Waals surface area contributed by atoms with Crippen molar-refractivity contribution in [2.75, 3.05) is 13.7 Å². The maximum Gasteiger partial charge on any atom is 0.231 e. The highest BCUT2D eigenvalue weighted by Gasteiger charge is 2.50. The summed E-state index contributed by atoms with van der Waals surface area (Å²) in [6.07, 6.45) is 1.61. The molecule has 0 bridgehead atoms. The predicted octanol–water partition coefficient (Wildman–Crippen LogP) is 2.13. The standard InChI is InChI=1S/C11H14ClNO2S/c1-13(6-8-2-3-9(12)16-8)10(15)11(7-14)4-5-11/h2-3,14H,4-7H2,1H3. The van der Waals surface area contributed by atoms with Gasteiger partial charge < -0.3 is 10.0 Å². The van der Waals surface area contributed by atoms with Crippen LogP contribution in [-0.2, 0) is 11.3 Å². The molecule has 0 spiro atoms. The molecular weight excluding hydrogens is 246 g/mol. The first-order valence-corrected chi connectivity index (χ1v) is 6.37. The SMILES string of the molecule is CN(Cc1ccc(Cl)s1)C(=O)C1(CO)CC1. The van der Waals surface area contributed by atoms with Gasteiger partial charge in [-0.2, -0.15) is 0 Å². The molecule has 0 unspecified atom stereocenters. The monoisotopic (exact) mass is 259 g/mol. The minimum Gasteiger partial charge on any atom is -0.395 e. The number of aliphatic hydroxyl groups is 1. The van der Waals surface area contributed by atoms with Gasteiger partial charge in [-0.1, -0.05) is 11.6 Å². The Bertz CT molecular complexity index is 400. The van der Waals surface area contributed by atoms with Gasteiger partial charge in [0.05, 0.1) is 22.9 Å². The van der Waals surface area contributed by atoms with Crippen molar-refractivity contribution in [3.05, 3.63) is 21.3 Å². The number of thiophene rings is 1. The third-order valence-corrected chi connectivity index (χ3v) is 4.19. The van der Waals surface area contributed by atoms with E-state index in [0.29, 0.717) is 6.54 Å². The number of aliphatic hydroxyl groups excluding tert-OH is 1. The molecule has 1 aliphatic carbocycles. The van der Waals surface area contributed by atoms with Crippen molar-refractivity contribution in [2.45, 2.75) is 19.4 Å². The molecule has 16 heavy (non-hydrogen) atoms. The molecule has 1 aromatic rings. The van der Waals surface area contributed by atoms with Crippen LogP contribution in [0.3, 0.4) is 0 Å². The first-order valence-electron chi connectivity index (χ1n) is 5.18. The van der Waals surface area contributed by atoms with Crippen molar-refractivity contribution >= 4 is 28.8 Å². The molecule has 3 nitrogen and oxygen atoms in total. The number of amides is 1. The molecular formula is C11H14ClNO2S. The van der Waals surface area contributed by atoms with E-state index >= 15 is 0 Å². The van der Waals surface area contributed by atoms with Gasteiger partial charge in [-0.05, 0) is 25.0 Å². The zero-order chi connectivity index (χ0) is 11.8. The van der Waals surface area contributed by atoms with Crippen LogP contribution in [0, 0.1) is 5.41 Å². The van der Waals surface area contributed by atoms with Crippen LogP contribution in [0.15, 0.2) is 12.1 Å². The van der Waals surface area contributed by atoms with Gasteiger partial charge >= 0.3 is 0 Å². The van der Waals surface area contributed by atoms with Crippen LogP contribution in [-0.4, -0.2) is 29.6 Å². The molecule has 0 radical (unpaired) electrons. The normalized spacial score (nSPS) is 17.2. The number of hydrogen-bond donors (Lipinski definition) is 1. The maximum absolute atomic E-state index is 12.0. The summed E-state index contributed by atoms with van der Waals surface area (Å²) in [5.74, 6) is 0.0412. The van der Waals surface area contributed by atoms with E-state index in [1.165, 1.54) is 11.3 Å². The van der Waals surface area contributed by atoms with Crippen LogP contribution in [0.2, 0.25) is 4.34 Å². The van der Waals surface area contributed by atoms with Gasteiger partial charge in [-0.25, -0.2) is 0 Å². The molecule has 0 atom stereocenters. The highest BCUT2D eigenvalue weighted by molar-refractivity contribution is 7.16. The summed E-state index contributed by atoms with van der Waals surface area (Å²) < 4.78 is 0.735. The Hall–Kier alpha value is -0.580. The average molecular weight is 260 g/mol. The topological polar surface area (TPSA) is 40.5 Å². The Kier molecular flexibility index (Phi) is 3.24. The second-order valence-electron chi connectivity index (χ2n) is 4.31. The highest BCUT2D eigenvalue weighted by Crippen LogP contribution is 2.46. The lowest BCUT2D eigenvalue weighted by atomic mass is 10.1. The quantitative estimate of drug-likeness (QED) is 0.900. The zero-order valence-corrected chi connectivity index (χ0v) is 10.6. The van der Waals surface area contributed by atoms with E-state index in [0.717, 1.165) is 22.1 Å². The Labute approximate surface area is 104 Å². The lowest BCUT2D eigenvalue weighted by Crippen LogP contribution is -2.35. The van der Waals surface area contributed by atoms with Crippen LogP contribution >= 0.6 is 22.9 Å². The van der Waals surface area contributed by atoms with Crippen molar-refractivity contribution in [1.29, 1.82) is 0 Å². The molecule has 1 heterocycles. The van der Waals surface area contributed by atoms with E-state index in [-0.39, 0.29) is 12.5 Å². The van der Waals surface area contributed by atoms with Crippen molar-refractivity contribution in [1.82, 2.24) is 4.90 Å². The molecule has 2 rings (SSSR count). The lowest BCUT2D eigenvalue weighted by molar-refractivity contribution is -0.137. The molecule has 1 saturated carbocycles. The van der Waals surface area contributed by atoms with Crippen molar-refractivity contribution in [2.24, 2.45) is 5.41 Å². The fourth-order valence-electron chi connectivity index (χ4n) is 1.74. The first kappa shape index (κ1) is 11.9. The molecule has 5 heteroatoms. The molecule has 1 aliphatic rings. The Morgan fingerprint density at radius 1 is 1.62 bits per heavy atom. The minimum atomic E-state index is -0.476. The second kappa shape index (κ2) is 4.35. The van der Waals surface area contributed by atoms with Gasteiger partial charge in [-0.3, -0.25) is 4.79 Å². The van der Waals surface area contributed by atoms with Crippen LogP contribution in [0.1, 0.15) is 17.7 Å². The molecule has 88 valence electrons. The Morgan fingerprint density at radius 3 is 2.75 bits per heavy atom. The first-order chi connectivity index (χ1) is 7.57. The summed E-state index contributed by atoms with van der Waals surface area (Å²) in [5, 5.41) is 9.18. The van der Waals surface area contributed by atoms with Crippen molar-refractivity contribution in [3.63, 3.8) is 0 Å². The molecule has 0 aromatic carbocycles. The summed E-state index contributed by atoms with van der Waals surface area (Å²) in [7, 11) is 1.77. The lowest BCUT2D eigenvalue weighted by Gasteiger charge is -2.21. The Morgan fingerprint density at radius 2 is 2.31 bits per heavy atom. The molecule has 1 fully saturated rings. The van der Waals surface area contributed by atoms with E-state index in [4.69, 9.17) is 11.6 Å². The van der Waals surface area contributed by atoms with Gasteiger partial charge in [0, 0.05) is 11.9 Å². The number of hydrogen-bond acceptors (Lipinski definition) is 3. The fraction of sp³-hybridized carbons (Fsp3) is 0.545. The van der Waals surface area contributed by atoms with Gasteiger partial charge in [0.2, 0.25) is 5.91 Å². The maximum atomic E-state index is 12.0. The van der Waals surface area contributed by atoms with Crippen LogP contribution in [0.4, 0.5) is 0 Å². The summed E-state index contributed by atoms with van der Waals surface area (Å²) in [4.78, 5) is 14.7. The van der Waals surface area contributed by atoms with E-state index in [1.807, 2.05) is 12.1 Å². The summed E-state index contributed by atoms with van der Waals surface area (Å²) >= 11 is 7.31. The molecule has 1 N–H and O–H groups in total. The van der Waals surface area contributed by atoms with Gasteiger partial charge in [0.25, 0.3) is 0 Å². The average Bonchev–Trinajstić information content (AvgIpc) is 2.97. The smallest absolute Gasteiger partial charge is 0.231 e. The zero-order valence-electron chi connectivity index (χ0n) is 9.07. The van der Waals surface area contributed by atoms with Crippen molar-refractivity contribution in [3.8, 4) is 0 Å².